The summed E-state index contributed by atoms with van der Waals surface area (Å²) >= 11 is 13.5. The summed E-state index contributed by atoms with van der Waals surface area (Å²) in [6, 6.07) is 12.9. The molecular formula is C16H16Cl2N2OS. The number of hydrogen-bond donors (Lipinski definition) is 1. The number of hydrogen-bond acceptors (Lipinski definition) is 2. The molecule has 0 heterocycles. The summed E-state index contributed by atoms with van der Waals surface area (Å²) < 4.78 is 0. The fourth-order valence-electron chi connectivity index (χ4n) is 1.87. The second kappa shape index (κ2) is 7.77. The van der Waals surface area contributed by atoms with Crippen LogP contribution in [0.1, 0.15) is 5.56 Å². The molecular weight excluding hydrogens is 339 g/mol. The van der Waals surface area contributed by atoms with Gasteiger partial charge in [-0.25, -0.2) is 4.79 Å². The maximum Gasteiger partial charge on any atom is 0.321 e. The molecule has 0 spiro atoms. The summed E-state index contributed by atoms with van der Waals surface area (Å²) in [6.45, 7) is 0.530. The van der Waals surface area contributed by atoms with Crippen molar-refractivity contribution in [2.45, 2.75) is 11.4 Å². The highest BCUT2D eigenvalue weighted by atomic mass is 35.5. The molecule has 2 aromatic carbocycles. The van der Waals surface area contributed by atoms with Crippen LogP contribution in [-0.2, 0) is 6.54 Å². The van der Waals surface area contributed by atoms with Gasteiger partial charge in [-0.1, -0.05) is 35.3 Å². The van der Waals surface area contributed by atoms with Crippen molar-refractivity contribution in [3.63, 3.8) is 0 Å². The smallest absolute Gasteiger partial charge is 0.321 e. The Bertz CT molecular complexity index is 662. The molecule has 0 fully saturated rings. The number of urea groups is 1. The second-order valence-corrected chi connectivity index (χ2v) is 6.46. The molecule has 0 aliphatic heterocycles. The number of amides is 2. The van der Waals surface area contributed by atoms with Crippen molar-refractivity contribution < 1.29 is 4.79 Å². The van der Waals surface area contributed by atoms with Crippen molar-refractivity contribution in [3.05, 3.63) is 58.1 Å². The van der Waals surface area contributed by atoms with Crippen molar-refractivity contribution in [1.82, 2.24) is 4.90 Å². The number of carbonyl (C=O) groups excluding carboxylic acids is 1. The standard InChI is InChI=1S/C16H16Cl2N2OS/c1-20(10-11-3-6-13(22-2)7-4-11)16(21)19-12-5-8-14(17)15(18)9-12/h3-9H,10H2,1-2H3,(H,19,21). The quantitative estimate of drug-likeness (QED) is 0.747. The molecule has 2 rings (SSSR count). The lowest BCUT2D eigenvalue weighted by Gasteiger charge is -2.18. The van der Waals surface area contributed by atoms with E-state index in [1.165, 1.54) is 4.90 Å². The average molecular weight is 355 g/mol. The first-order valence-electron chi connectivity index (χ1n) is 6.59. The number of rotatable bonds is 4. The highest BCUT2D eigenvalue weighted by Gasteiger charge is 2.10. The van der Waals surface area contributed by atoms with Crippen LogP contribution in [0.5, 0.6) is 0 Å². The van der Waals surface area contributed by atoms with Crippen LogP contribution in [0, 0.1) is 0 Å². The van der Waals surface area contributed by atoms with E-state index >= 15 is 0 Å². The SMILES string of the molecule is CSc1ccc(CN(C)C(=O)Nc2ccc(Cl)c(Cl)c2)cc1. The van der Waals surface area contributed by atoms with Gasteiger partial charge in [0.1, 0.15) is 0 Å². The van der Waals surface area contributed by atoms with Gasteiger partial charge < -0.3 is 10.2 Å². The maximum absolute atomic E-state index is 12.2. The van der Waals surface area contributed by atoms with E-state index in [2.05, 4.69) is 5.32 Å². The third-order valence-corrected chi connectivity index (χ3v) is 4.58. The number of nitrogens with one attached hydrogen (secondary N) is 1. The molecule has 0 saturated heterocycles. The van der Waals surface area contributed by atoms with Crippen LogP contribution in [0.25, 0.3) is 0 Å². The summed E-state index contributed by atoms with van der Waals surface area (Å²) in [7, 11) is 1.75. The van der Waals surface area contributed by atoms with Gasteiger partial charge >= 0.3 is 6.03 Å². The Morgan fingerprint density at radius 3 is 2.41 bits per heavy atom. The third-order valence-electron chi connectivity index (χ3n) is 3.10. The van der Waals surface area contributed by atoms with E-state index in [0.717, 1.165) is 5.56 Å². The zero-order valence-electron chi connectivity index (χ0n) is 12.3. The van der Waals surface area contributed by atoms with Gasteiger partial charge in [-0.2, -0.15) is 0 Å². The fraction of sp³-hybridized carbons (Fsp3) is 0.188. The second-order valence-electron chi connectivity index (χ2n) is 4.76. The molecule has 0 aliphatic rings. The topological polar surface area (TPSA) is 32.3 Å². The first kappa shape index (κ1) is 17.0. The number of halogens is 2. The van der Waals surface area contributed by atoms with Crippen molar-refractivity contribution in [1.29, 1.82) is 0 Å². The van der Waals surface area contributed by atoms with Crippen molar-refractivity contribution >= 4 is 46.7 Å². The zero-order chi connectivity index (χ0) is 16.1. The molecule has 0 radical (unpaired) electrons. The van der Waals surface area contributed by atoms with E-state index in [4.69, 9.17) is 23.2 Å². The fourth-order valence-corrected chi connectivity index (χ4v) is 2.58. The minimum absolute atomic E-state index is 0.202. The van der Waals surface area contributed by atoms with Crippen LogP contribution in [0.15, 0.2) is 47.4 Å². The van der Waals surface area contributed by atoms with E-state index in [1.54, 1.807) is 41.9 Å². The van der Waals surface area contributed by atoms with Crippen molar-refractivity contribution in [2.75, 3.05) is 18.6 Å². The van der Waals surface area contributed by atoms with Crippen molar-refractivity contribution in [3.8, 4) is 0 Å². The van der Waals surface area contributed by atoms with Gasteiger partial charge in [0.15, 0.2) is 0 Å². The lowest BCUT2D eigenvalue weighted by molar-refractivity contribution is 0.220. The van der Waals surface area contributed by atoms with Crippen molar-refractivity contribution in [2.24, 2.45) is 0 Å². The zero-order valence-corrected chi connectivity index (χ0v) is 14.6. The highest BCUT2D eigenvalue weighted by molar-refractivity contribution is 7.98. The molecule has 0 atom stereocenters. The molecule has 3 nitrogen and oxygen atoms in total. The Morgan fingerprint density at radius 2 is 1.82 bits per heavy atom. The monoisotopic (exact) mass is 354 g/mol. The molecule has 0 bridgehead atoms. The molecule has 2 amide bonds. The van der Waals surface area contributed by atoms with Crippen LogP contribution in [0.2, 0.25) is 10.0 Å². The Hall–Kier alpha value is -1.36. The maximum atomic E-state index is 12.2. The van der Waals surface area contributed by atoms with E-state index in [-0.39, 0.29) is 6.03 Å². The van der Waals surface area contributed by atoms with Crippen LogP contribution in [0.4, 0.5) is 10.5 Å². The predicted octanol–water partition coefficient (Wildman–Crippen LogP) is 5.38. The molecule has 0 aromatic heterocycles. The summed E-state index contributed by atoms with van der Waals surface area (Å²) in [6.07, 6.45) is 2.03. The Morgan fingerprint density at radius 1 is 1.14 bits per heavy atom. The molecule has 1 N–H and O–H groups in total. The Kier molecular flexibility index (Phi) is 6.00. The molecule has 116 valence electrons. The average Bonchev–Trinajstić information content (AvgIpc) is 2.51. The van der Waals surface area contributed by atoms with Crippen LogP contribution >= 0.6 is 35.0 Å². The highest BCUT2D eigenvalue weighted by Crippen LogP contribution is 2.25. The Labute approximate surface area is 144 Å². The van der Waals surface area contributed by atoms with Gasteiger partial charge in [0.25, 0.3) is 0 Å². The summed E-state index contributed by atoms with van der Waals surface area (Å²) in [5, 5.41) is 3.66. The van der Waals surface area contributed by atoms with E-state index in [1.807, 2.05) is 30.5 Å². The molecule has 0 aliphatic carbocycles. The predicted molar refractivity (Wildman–Crippen MR) is 95.2 cm³/mol. The van der Waals surface area contributed by atoms with Crippen LogP contribution in [0.3, 0.4) is 0 Å². The number of carbonyl (C=O) groups is 1. The lowest BCUT2D eigenvalue weighted by Crippen LogP contribution is -2.30. The number of thioether (sulfide) groups is 1. The van der Waals surface area contributed by atoms with E-state index in [9.17, 15) is 4.79 Å². The number of anilines is 1. The molecule has 22 heavy (non-hydrogen) atoms. The van der Waals surface area contributed by atoms with Gasteiger partial charge in [-0.05, 0) is 42.2 Å². The minimum atomic E-state index is -0.202. The van der Waals surface area contributed by atoms with E-state index < -0.39 is 0 Å². The molecule has 0 unspecified atom stereocenters. The van der Waals surface area contributed by atoms with Gasteiger partial charge in [-0.15, -0.1) is 11.8 Å². The lowest BCUT2D eigenvalue weighted by atomic mass is 10.2. The third kappa shape index (κ3) is 4.57. The molecule has 0 saturated carbocycles. The molecule has 6 heteroatoms. The van der Waals surface area contributed by atoms with E-state index in [0.29, 0.717) is 22.3 Å². The normalized spacial score (nSPS) is 10.4. The largest absolute Gasteiger partial charge is 0.323 e. The van der Waals surface area contributed by atoms with Gasteiger partial charge in [-0.3, -0.25) is 0 Å². The van der Waals surface area contributed by atoms with Gasteiger partial charge in [0.05, 0.1) is 10.0 Å². The number of nitrogens with zero attached hydrogens (tertiary/aromatic N) is 1. The summed E-state index contributed by atoms with van der Waals surface area (Å²) in [5.41, 5.74) is 1.69. The first-order valence-corrected chi connectivity index (χ1v) is 8.58. The number of benzene rings is 2. The summed E-state index contributed by atoms with van der Waals surface area (Å²) in [5.74, 6) is 0. The van der Waals surface area contributed by atoms with Crippen LogP contribution in [-0.4, -0.2) is 24.2 Å². The minimum Gasteiger partial charge on any atom is -0.323 e. The molecule has 2 aromatic rings. The summed E-state index contributed by atoms with van der Waals surface area (Å²) in [4.78, 5) is 15.0. The van der Waals surface area contributed by atoms with Gasteiger partial charge in [0, 0.05) is 24.2 Å². The first-order chi connectivity index (χ1) is 10.5. The Balaban J connectivity index is 1.97. The van der Waals surface area contributed by atoms with Crippen LogP contribution < -0.4 is 5.32 Å². The van der Waals surface area contributed by atoms with Gasteiger partial charge in [0.2, 0.25) is 0 Å².